The van der Waals surface area contributed by atoms with Crippen LogP contribution < -0.4 is 0 Å². The normalized spacial score (nSPS) is 25.3. The molecule has 1 fully saturated rings. The van der Waals surface area contributed by atoms with Gasteiger partial charge < -0.3 is 4.90 Å². The summed E-state index contributed by atoms with van der Waals surface area (Å²) in [7, 11) is 0. The Morgan fingerprint density at radius 3 is 2.67 bits per heavy atom. The van der Waals surface area contributed by atoms with Crippen LogP contribution in [-0.4, -0.2) is 24.5 Å². The van der Waals surface area contributed by atoms with Gasteiger partial charge in [0.25, 0.3) is 0 Å². The molecule has 1 aromatic carbocycles. The molecule has 1 heterocycles. The third-order valence-corrected chi connectivity index (χ3v) is 4.60. The Hall–Kier alpha value is -0.820. The van der Waals surface area contributed by atoms with Gasteiger partial charge >= 0.3 is 0 Å². The Labute approximate surface area is 112 Å². The summed E-state index contributed by atoms with van der Waals surface area (Å²) >= 11 is 0. The number of hydrogen-bond donors (Lipinski definition) is 0. The van der Waals surface area contributed by atoms with E-state index in [-0.39, 0.29) is 0 Å². The van der Waals surface area contributed by atoms with Gasteiger partial charge in [-0.05, 0) is 62.2 Å². The van der Waals surface area contributed by atoms with E-state index in [2.05, 4.69) is 49.9 Å². The van der Waals surface area contributed by atoms with Crippen molar-refractivity contribution in [2.45, 2.75) is 40.0 Å². The highest BCUT2D eigenvalue weighted by atomic mass is 15.1. The van der Waals surface area contributed by atoms with E-state index in [9.17, 15) is 0 Å². The molecule has 1 aliphatic rings. The van der Waals surface area contributed by atoms with Gasteiger partial charge in [-0.25, -0.2) is 0 Å². The summed E-state index contributed by atoms with van der Waals surface area (Å²) in [5, 5.41) is 0. The minimum Gasteiger partial charge on any atom is -0.303 e. The number of piperidine rings is 1. The highest BCUT2D eigenvalue weighted by molar-refractivity contribution is 5.25. The lowest BCUT2D eigenvalue weighted by atomic mass is 9.88. The van der Waals surface area contributed by atoms with Gasteiger partial charge in [-0.2, -0.15) is 0 Å². The topological polar surface area (TPSA) is 3.24 Å². The van der Waals surface area contributed by atoms with Gasteiger partial charge in [0.05, 0.1) is 0 Å². The van der Waals surface area contributed by atoms with E-state index in [1.807, 2.05) is 0 Å². The molecule has 0 aliphatic carbocycles. The molecule has 0 spiro atoms. The zero-order chi connectivity index (χ0) is 13.0. The van der Waals surface area contributed by atoms with Crippen molar-refractivity contribution in [3.8, 4) is 0 Å². The maximum absolute atomic E-state index is 2.66. The molecule has 1 heteroatoms. The molecule has 100 valence electrons. The Morgan fingerprint density at radius 2 is 1.94 bits per heavy atom. The minimum absolute atomic E-state index is 0.872. The van der Waals surface area contributed by atoms with Crippen molar-refractivity contribution in [3.05, 3.63) is 35.4 Å². The van der Waals surface area contributed by atoms with Crippen molar-refractivity contribution in [1.29, 1.82) is 0 Å². The molecule has 1 aliphatic heterocycles. The maximum Gasteiger partial charge on any atom is 0.000957 e. The summed E-state index contributed by atoms with van der Waals surface area (Å²) in [6.07, 6.45) is 3.91. The highest BCUT2D eigenvalue weighted by Crippen LogP contribution is 2.22. The number of benzene rings is 1. The first kappa shape index (κ1) is 13.6. The van der Waals surface area contributed by atoms with Crippen molar-refractivity contribution in [2.24, 2.45) is 11.8 Å². The smallest absolute Gasteiger partial charge is 0.000957 e. The largest absolute Gasteiger partial charge is 0.303 e. The molecule has 0 bridgehead atoms. The van der Waals surface area contributed by atoms with Crippen LogP contribution in [0.1, 0.15) is 37.8 Å². The third-order valence-electron chi connectivity index (χ3n) is 4.60. The van der Waals surface area contributed by atoms with E-state index >= 15 is 0 Å². The molecule has 1 aromatic rings. The second-order valence-electron chi connectivity index (χ2n) is 6.07. The molecular weight excluding hydrogens is 218 g/mol. The Kier molecular flexibility index (Phi) is 4.82. The van der Waals surface area contributed by atoms with Gasteiger partial charge in [0.1, 0.15) is 0 Å². The van der Waals surface area contributed by atoms with E-state index in [4.69, 9.17) is 0 Å². The average molecular weight is 245 g/mol. The fraction of sp³-hybridized carbons (Fsp3) is 0.647. The van der Waals surface area contributed by atoms with Gasteiger partial charge in [0.15, 0.2) is 0 Å². The quantitative estimate of drug-likeness (QED) is 0.777. The summed E-state index contributed by atoms with van der Waals surface area (Å²) in [6, 6.07) is 8.79. The molecule has 0 amide bonds. The summed E-state index contributed by atoms with van der Waals surface area (Å²) in [5.41, 5.74) is 2.97. The van der Waals surface area contributed by atoms with Crippen LogP contribution in [-0.2, 0) is 6.42 Å². The van der Waals surface area contributed by atoms with Crippen LogP contribution in [0.4, 0.5) is 0 Å². The monoisotopic (exact) mass is 245 g/mol. The molecule has 2 unspecified atom stereocenters. The molecule has 0 radical (unpaired) electrons. The fourth-order valence-corrected chi connectivity index (χ4v) is 2.94. The van der Waals surface area contributed by atoms with Crippen molar-refractivity contribution in [2.75, 3.05) is 19.6 Å². The van der Waals surface area contributed by atoms with Crippen LogP contribution in [0.15, 0.2) is 24.3 Å². The molecular formula is C17H27N. The third kappa shape index (κ3) is 3.58. The van der Waals surface area contributed by atoms with E-state index < -0.39 is 0 Å². The van der Waals surface area contributed by atoms with Crippen molar-refractivity contribution in [3.63, 3.8) is 0 Å². The molecule has 1 nitrogen and oxygen atoms in total. The number of rotatable bonds is 4. The molecule has 18 heavy (non-hydrogen) atoms. The maximum atomic E-state index is 2.66. The Balaban J connectivity index is 1.74. The minimum atomic E-state index is 0.872. The van der Waals surface area contributed by atoms with Crippen molar-refractivity contribution < 1.29 is 0 Å². The number of likely N-dealkylation sites (tertiary alicyclic amines) is 1. The van der Waals surface area contributed by atoms with Crippen LogP contribution in [0.3, 0.4) is 0 Å². The lowest BCUT2D eigenvalue weighted by Gasteiger charge is -2.35. The van der Waals surface area contributed by atoms with E-state index in [0.717, 1.165) is 11.8 Å². The SMILES string of the molecule is Cc1ccccc1CCCN1CCC(C)C(C)C1. The molecule has 0 saturated carbocycles. The van der Waals surface area contributed by atoms with Crippen LogP contribution >= 0.6 is 0 Å². The van der Waals surface area contributed by atoms with E-state index in [0.29, 0.717) is 0 Å². The second-order valence-corrected chi connectivity index (χ2v) is 6.07. The Bertz CT molecular complexity index is 372. The molecule has 0 N–H and O–H groups in total. The molecule has 2 atom stereocenters. The fourth-order valence-electron chi connectivity index (χ4n) is 2.94. The summed E-state index contributed by atoms with van der Waals surface area (Å²) < 4.78 is 0. The lowest BCUT2D eigenvalue weighted by molar-refractivity contribution is 0.137. The van der Waals surface area contributed by atoms with Crippen LogP contribution in [0.2, 0.25) is 0 Å². The zero-order valence-corrected chi connectivity index (χ0v) is 12.2. The van der Waals surface area contributed by atoms with Gasteiger partial charge in [0.2, 0.25) is 0 Å². The van der Waals surface area contributed by atoms with Gasteiger partial charge in [-0.1, -0.05) is 38.1 Å². The standard InChI is InChI=1S/C17H27N/c1-14-10-12-18(13-16(14)3)11-6-9-17-8-5-4-7-15(17)2/h4-5,7-8,14,16H,6,9-13H2,1-3H3. The zero-order valence-electron chi connectivity index (χ0n) is 12.2. The second kappa shape index (κ2) is 6.38. The van der Waals surface area contributed by atoms with E-state index in [1.165, 1.54) is 50.0 Å². The first-order valence-corrected chi connectivity index (χ1v) is 7.43. The van der Waals surface area contributed by atoms with E-state index in [1.54, 1.807) is 0 Å². The molecule has 1 saturated heterocycles. The molecule has 2 rings (SSSR count). The van der Waals surface area contributed by atoms with Crippen LogP contribution in [0, 0.1) is 18.8 Å². The van der Waals surface area contributed by atoms with Gasteiger partial charge in [-0.15, -0.1) is 0 Å². The highest BCUT2D eigenvalue weighted by Gasteiger charge is 2.21. The first-order chi connectivity index (χ1) is 8.66. The summed E-state index contributed by atoms with van der Waals surface area (Å²) in [6.45, 7) is 10.9. The summed E-state index contributed by atoms with van der Waals surface area (Å²) in [5.74, 6) is 1.79. The Morgan fingerprint density at radius 1 is 1.17 bits per heavy atom. The summed E-state index contributed by atoms with van der Waals surface area (Å²) in [4.78, 5) is 2.66. The van der Waals surface area contributed by atoms with Gasteiger partial charge in [0, 0.05) is 6.54 Å². The van der Waals surface area contributed by atoms with Crippen molar-refractivity contribution in [1.82, 2.24) is 4.90 Å². The molecule has 0 aromatic heterocycles. The first-order valence-electron chi connectivity index (χ1n) is 7.43. The number of hydrogen-bond acceptors (Lipinski definition) is 1. The van der Waals surface area contributed by atoms with Gasteiger partial charge in [-0.3, -0.25) is 0 Å². The van der Waals surface area contributed by atoms with Crippen molar-refractivity contribution >= 4 is 0 Å². The van der Waals surface area contributed by atoms with Crippen LogP contribution in [0.5, 0.6) is 0 Å². The lowest BCUT2D eigenvalue weighted by Crippen LogP contribution is -2.38. The number of nitrogens with zero attached hydrogens (tertiary/aromatic N) is 1. The predicted molar refractivity (Wildman–Crippen MR) is 78.9 cm³/mol. The number of aryl methyl sites for hydroxylation is 2. The van der Waals surface area contributed by atoms with Crippen LogP contribution in [0.25, 0.3) is 0 Å². The predicted octanol–water partition coefficient (Wildman–Crippen LogP) is 3.91. The average Bonchev–Trinajstić information content (AvgIpc) is 2.36.